The predicted octanol–water partition coefficient (Wildman–Crippen LogP) is 2.69. The lowest BCUT2D eigenvalue weighted by Gasteiger charge is -2.35. The van der Waals surface area contributed by atoms with E-state index in [9.17, 15) is 0 Å². The Hall–Kier alpha value is -0.390. The first-order chi connectivity index (χ1) is 8.93. The van der Waals surface area contributed by atoms with E-state index in [-0.39, 0.29) is 11.6 Å². The van der Waals surface area contributed by atoms with E-state index in [2.05, 4.69) is 47.1 Å². The van der Waals surface area contributed by atoms with Crippen molar-refractivity contribution in [1.82, 2.24) is 15.1 Å². The number of aryl methyl sites for hydroxylation is 2. The molecular formula is C14H26BrN3O. The van der Waals surface area contributed by atoms with Crippen molar-refractivity contribution in [1.29, 1.82) is 0 Å². The lowest BCUT2D eigenvalue weighted by atomic mass is 9.89. The lowest BCUT2D eigenvalue weighted by Crippen LogP contribution is -2.50. The fourth-order valence-electron chi connectivity index (χ4n) is 2.39. The van der Waals surface area contributed by atoms with Crippen LogP contribution in [0.5, 0.6) is 0 Å². The average molecular weight is 332 g/mol. The molecule has 0 aromatic carbocycles. The maximum Gasteiger partial charge on any atom is 0.0804 e. The van der Waals surface area contributed by atoms with Gasteiger partial charge in [-0.3, -0.25) is 4.68 Å². The molecule has 0 aliphatic carbocycles. The van der Waals surface area contributed by atoms with Gasteiger partial charge >= 0.3 is 0 Å². The molecule has 1 heterocycles. The van der Waals surface area contributed by atoms with E-state index in [0.717, 1.165) is 29.4 Å². The molecule has 1 rings (SSSR count). The van der Waals surface area contributed by atoms with E-state index in [1.165, 1.54) is 5.69 Å². The molecule has 5 heteroatoms. The quantitative estimate of drug-likeness (QED) is 0.834. The minimum absolute atomic E-state index is 0.176. The van der Waals surface area contributed by atoms with Gasteiger partial charge in [0.05, 0.1) is 21.5 Å². The van der Waals surface area contributed by atoms with E-state index in [1.807, 2.05) is 18.8 Å². The van der Waals surface area contributed by atoms with Crippen LogP contribution in [0.3, 0.4) is 0 Å². The summed E-state index contributed by atoms with van der Waals surface area (Å²) in [6.45, 7) is 6.43. The van der Waals surface area contributed by atoms with Gasteiger partial charge in [0, 0.05) is 26.6 Å². The summed E-state index contributed by atoms with van der Waals surface area (Å²) in [4.78, 5) is 0. The van der Waals surface area contributed by atoms with Gasteiger partial charge in [0.2, 0.25) is 0 Å². The Morgan fingerprint density at radius 3 is 2.47 bits per heavy atom. The van der Waals surface area contributed by atoms with Crippen molar-refractivity contribution in [3.8, 4) is 0 Å². The van der Waals surface area contributed by atoms with Crippen molar-refractivity contribution in [2.45, 2.75) is 51.7 Å². The molecule has 0 fully saturated rings. The minimum Gasteiger partial charge on any atom is -0.377 e. The topological polar surface area (TPSA) is 39.1 Å². The van der Waals surface area contributed by atoms with Crippen LogP contribution in [0.4, 0.5) is 0 Å². The van der Waals surface area contributed by atoms with Crippen molar-refractivity contribution in [2.75, 3.05) is 14.2 Å². The van der Waals surface area contributed by atoms with Crippen molar-refractivity contribution >= 4 is 15.9 Å². The van der Waals surface area contributed by atoms with Crippen LogP contribution < -0.4 is 5.32 Å². The zero-order valence-corrected chi connectivity index (χ0v) is 14.5. The number of ether oxygens (including phenoxy) is 1. The Labute approximate surface area is 125 Å². The third-order valence-electron chi connectivity index (χ3n) is 4.15. The largest absolute Gasteiger partial charge is 0.377 e. The van der Waals surface area contributed by atoms with Crippen molar-refractivity contribution in [3.63, 3.8) is 0 Å². The number of methoxy groups -OCH3 is 1. The SMILES string of the molecule is CCc1nn(C)c(CC(NC)C(C)(CC)OC)c1Br. The number of aromatic nitrogens is 2. The van der Waals surface area contributed by atoms with Crippen LogP contribution in [0, 0.1) is 0 Å². The van der Waals surface area contributed by atoms with Crippen LogP contribution in [-0.4, -0.2) is 35.6 Å². The molecule has 0 saturated heterocycles. The fraction of sp³-hybridized carbons (Fsp3) is 0.786. The van der Waals surface area contributed by atoms with Gasteiger partial charge in [-0.05, 0) is 42.7 Å². The zero-order chi connectivity index (χ0) is 14.6. The van der Waals surface area contributed by atoms with Gasteiger partial charge in [0.15, 0.2) is 0 Å². The Morgan fingerprint density at radius 1 is 1.47 bits per heavy atom. The summed E-state index contributed by atoms with van der Waals surface area (Å²) in [5.74, 6) is 0. The number of rotatable bonds is 7. The molecule has 0 bridgehead atoms. The maximum atomic E-state index is 5.72. The second kappa shape index (κ2) is 6.86. The first-order valence-electron chi connectivity index (χ1n) is 6.86. The van der Waals surface area contributed by atoms with Crippen LogP contribution in [0.25, 0.3) is 0 Å². The van der Waals surface area contributed by atoms with E-state index in [0.29, 0.717) is 0 Å². The summed E-state index contributed by atoms with van der Waals surface area (Å²) in [5, 5.41) is 7.94. The van der Waals surface area contributed by atoms with Gasteiger partial charge in [0.25, 0.3) is 0 Å². The molecule has 0 saturated carbocycles. The third kappa shape index (κ3) is 3.38. The first-order valence-corrected chi connectivity index (χ1v) is 7.65. The van der Waals surface area contributed by atoms with Crippen molar-refractivity contribution in [3.05, 3.63) is 15.9 Å². The second-order valence-electron chi connectivity index (χ2n) is 5.10. The maximum absolute atomic E-state index is 5.72. The second-order valence-corrected chi connectivity index (χ2v) is 5.89. The van der Waals surface area contributed by atoms with E-state index < -0.39 is 0 Å². The number of hydrogen-bond donors (Lipinski definition) is 1. The first kappa shape index (κ1) is 16.7. The average Bonchev–Trinajstić information content (AvgIpc) is 2.70. The molecule has 110 valence electrons. The highest BCUT2D eigenvalue weighted by molar-refractivity contribution is 9.10. The number of halogens is 1. The van der Waals surface area contributed by atoms with Gasteiger partial charge in [0.1, 0.15) is 0 Å². The van der Waals surface area contributed by atoms with Crippen molar-refractivity contribution in [2.24, 2.45) is 7.05 Å². The van der Waals surface area contributed by atoms with Crippen LogP contribution in [0.1, 0.15) is 38.6 Å². The fourth-order valence-corrected chi connectivity index (χ4v) is 3.17. The van der Waals surface area contributed by atoms with Gasteiger partial charge in [-0.15, -0.1) is 0 Å². The predicted molar refractivity (Wildman–Crippen MR) is 82.5 cm³/mol. The Morgan fingerprint density at radius 2 is 2.11 bits per heavy atom. The molecule has 4 nitrogen and oxygen atoms in total. The molecular weight excluding hydrogens is 306 g/mol. The normalized spacial score (nSPS) is 16.4. The summed E-state index contributed by atoms with van der Waals surface area (Å²) in [6.07, 6.45) is 2.79. The molecule has 19 heavy (non-hydrogen) atoms. The monoisotopic (exact) mass is 331 g/mol. The van der Waals surface area contributed by atoms with Crippen LogP contribution in [0.15, 0.2) is 4.47 Å². The number of hydrogen-bond acceptors (Lipinski definition) is 3. The summed E-state index contributed by atoms with van der Waals surface area (Å²) < 4.78 is 8.82. The number of likely N-dealkylation sites (N-methyl/N-ethyl adjacent to an activating group) is 1. The third-order valence-corrected chi connectivity index (χ3v) is 5.07. The molecule has 0 spiro atoms. The zero-order valence-electron chi connectivity index (χ0n) is 12.9. The van der Waals surface area contributed by atoms with E-state index >= 15 is 0 Å². The molecule has 0 amide bonds. The number of nitrogens with zero attached hydrogens (tertiary/aromatic N) is 2. The molecule has 1 aromatic rings. The smallest absolute Gasteiger partial charge is 0.0804 e. The summed E-state index contributed by atoms with van der Waals surface area (Å²) in [5.41, 5.74) is 2.15. The highest BCUT2D eigenvalue weighted by Gasteiger charge is 2.33. The summed E-state index contributed by atoms with van der Waals surface area (Å²) in [7, 11) is 5.77. The lowest BCUT2D eigenvalue weighted by molar-refractivity contribution is -0.0273. The highest BCUT2D eigenvalue weighted by atomic mass is 79.9. The van der Waals surface area contributed by atoms with E-state index in [1.54, 1.807) is 7.11 Å². The number of nitrogens with one attached hydrogen (secondary N) is 1. The molecule has 0 radical (unpaired) electrons. The standard InChI is InChI=1S/C14H26BrN3O/c1-7-10-13(15)11(18(5)17-10)9-12(16-4)14(3,8-2)19-6/h12,16H,7-9H2,1-6H3. The molecule has 1 aromatic heterocycles. The molecule has 0 aliphatic rings. The Bertz CT molecular complexity index is 413. The molecule has 2 atom stereocenters. The molecule has 1 N–H and O–H groups in total. The molecule has 0 aliphatic heterocycles. The van der Waals surface area contributed by atoms with Crippen molar-refractivity contribution < 1.29 is 4.74 Å². The van der Waals surface area contributed by atoms with Gasteiger partial charge < -0.3 is 10.1 Å². The van der Waals surface area contributed by atoms with Gasteiger partial charge in [-0.1, -0.05) is 13.8 Å². The summed E-state index contributed by atoms with van der Waals surface area (Å²) in [6, 6.07) is 0.249. The minimum atomic E-state index is -0.176. The van der Waals surface area contributed by atoms with Crippen LogP contribution in [-0.2, 0) is 24.6 Å². The molecule has 2 unspecified atom stereocenters. The van der Waals surface area contributed by atoms with Gasteiger partial charge in [-0.2, -0.15) is 5.10 Å². The Balaban J connectivity index is 3.02. The van der Waals surface area contributed by atoms with Crippen LogP contribution in [0.2, 0.25) is 0 Å². The van der Waals surface area contributed by atoms with Crippen LogP contribution >= 0.6 is 15.9 Å². The highest BCUT2D eigenvalue weighted by Crippen LogP contribution is 2.27. The van der Waals surface area contributed by atoms with E-state index in [4.69, 9.17) is 4.74 Å². The Kier molecular flexibility index (Phi) is 6.02. The summed E-state index contributed by atoms with van der Waals surface area (Å²) >= 11 is 3.68. The van der Waals surface area contributed by atoms with Gasteiger partial charge in [-0.25, -0.2) is 0 Å².